The number of halogens is 1. The van der Waals surface area contributed by atoms with Crippen LogP contribution in [0.15, 0.2) is 77.3 Å². The van der Waals surface area contributed by atoms with Crippen molar-refractivity contribution in [2.24, 2.45) is 11.8 Å². The van der Waals surface area contributed by atoms with Gasteiger partial charge in [-0.3, -0.25) is 4.98 Å². The van der Waals surface area contributed by atoms with Gasteiger partial charge in [0, 0.05) is 30.5 Å². The number of anilines is 2. The van der Waals surface area contributed by atoms with Gasteiger partial charge in [0.1, 0.15) is 17.6 Å². The van der Waals surface area contributed by atoms with Gasteiger partial charge in [0.15, 0.2) is 5.11 Å². The fourth-order valence-corrected chi connectivity index (χ4v) is 7.05. The lowest BCUT2D eigenvalue weighted by atomic mass is 9.91. The van der Waals surface area contributed by atoms with Crippen LogP contribution in [-0.2, 0) is 0 Å². The molecule has 0 unspecified atom stereocenters. The zero-order valence-electron chi connectivity index (χ0n) is 23.8. The molecule has 2 aliphatic rings. The average Bonchev–Trinajstić information content (AvgIpc) is 3.57. The predicted octanol–water partition coefficient (Wildman–Crippen LogP) is 7.66. The van der Waals surface area contributed by atoms with Crippen LogP contribution >= 0.6 is 23.8 Å². The highest BCUT2D eigenvalue weighted by atomic mass is 35.5. The molecular weight excluding hydrogens is 568 g/mol. The van der Waals surface area contributed by atoms with E-state index in [4.69, 9.17) is 28.2 Å². The Morgan fingerprint density at radius 1 is 1.07 bits per heavy atom. The summed E-state index contributed by atoms with van der Waals surface area (Å²) in [7, 11) is 0. The topological polar surface area (TPSA) is 81.8 Å². The summed E-state index contributed by atoms with van der Waals surface area (Å²) in [5, 5.41) is 14.1. The van der Waals surface area contributed by atoms with E-state index in [1.54, 1.807) is 24.4 Å². The number of thiocarbonyl (C=S) groups is 1. The lowest BCUT2D eigenvalue weighted by molar-refractivity contribution is 0.0696. The van der Waals surface area contributed by atoms with Gasteiger partial charge in [-0.15, -0.1) is 0 Å². The number of piperidine rings is 1. The summed E-state index contributed by atoms with van der Waals surface area (Å²) in [5.74, 6) is 1.62. The number of carboxylic acids is 1. The number of aromatic carboxylic acids is 1. The Morgan fingerprint density at radius 3 is 2.52 bits per heavy atom. The Bertz CT molecular complexity index is 1630. The first-order chi connectivity index (χ1) is 20.2. The Kier molecular flexibility index (Phi) is 7.68. The number of pyridine rings is 1. The van der Waals surface area contributed by atoms with E-state index >= 15 is 0 Å². The molecule has 7 nitrogen and oxygen atoms in total. The van der Waals surface area contributed by atoms with Crippen molar-refractivity contribution in [3.63, 3.8) is 0 Å². The number of nitrogens with zero attached hydrogens (tertiary/aromatic N) is 3. The highest BCUT2D eigenvalue weighted by Crippen LogP contribution is 2.45. The van der Waals surface area contributed by atoms with Crippen molar-refractivity contribution in [1.29, 1.82) is 0 Å². The number of benzene rings is 2. The number of aryl methyl sites for hydroxylation is 1. The Morgan fingerprint density at radius 2 is 1.86 bits per heavy atom. The minimum Gasteiger partial charge on any atom is -0.478 e. The van der Waals surface area contributed by atoms with Crippen LogP contribution in [0.2, 0.25) is 5.02 Å². The third-order valence-electron chi connectivity index (χ3n) is 8.17. The fraction of sp³-hybridized carbons (Fsp3) is 0.303. The Labute approximate surface area is 256 Å². The van der Waals surface area contributed by atoms with E-state index in [2.05, 4.69) is 46.1 Å². The highest BCUT2D eigenvalue weighted by Gasteiger charge is 2.43. The summed E-state index contributed by atoms with van der Waals surface area (Å²) < 4.78 is 6.50. The van der Waals surface area contributed by atoms with Gasteiger partial charge in [0.2, 0.25) is 0 Å². The van der Waals surface area contributed by atoms with Crippen molar-refractivity contribution in [2.45, 2.75) is 39.3 Å². The first kappa shape index (κ1) is 28.2. The molecule has 0 saturated carbocycles. The quantitative estimate of drug-likeness (QED) is 0.218. The number of hydrogen-bond donors (Lipinski definition) is 2. The maximum atomic E-state index is 11.4. The molecule has 4 atom stereocenters. The van der Waals surface area contributed by atoms with Crippen molar-refractivity contribution < 1.29 is 14.3 Å². The summed E-state index contributed by atoms with van der Waals surface area (Å²) in [6.07, 6.45) is 3.00. The Hall–Kier alpha value is -3.88. The predicted molar refractivity (Wildman–Crippen MR) is 170 cm³/mol. The van der Waals surface area contributed by atoms with Crippen LogP contribution in [0.4, 0.5) is 11.4 Å². The zero-order chi connectivity index (χ0) is 29.5. The highest BCUT2D eigenvalue weighted by molar-refractivity contribution is 7.80. The molecule has 2 N–H and O–H groups in total. The number of nitrogens with one attached hydrogen (secondary N) is 1. The minimum atomic E-state index is -0.960. The second-order valence-electron chi connectivity index (χ2n) is 11.5. The number of furan rings is 1. The molecular formula is C33H33ClN4O3S. The second-order valence-corrected chi connectivity index (χ2v) is 12.3. The zero-order valence-corrected chi connectivity index (χ0v) is 25.3. The molecule has 4 aromatic rings. The number of hydrogen-bond acceptors (Lipinski definition) is 5. The third-order valence-corrected chi connectivity index (χ3v) is 8.79. The van der Waals surface area contributed by atoms with Crippen molar-refractivity contribution in [2.75, 3.05) is 22.9 Å². The maximum Gasteiger partial charge on any atom is 0.335 e. The molecule has 2 saturated heterocycles. The van der Waals surface area contributed by atoms with Gasteiger partial charge in [-0.25, -0.2) is 4.79 Å². The summed E-state index contributed by atoms with van der Waals surface area (Å²) in [6, 6.07) is 20.3. The largest absolute Gasteiger partial charge is 0.478 e. The first-order valence-corrected chi connectivity index (χ1v) is 15.0. The van der Waals surface area contributed by atoms with Gasteiger partial charge in [0.05, 0.1) is 28.0 Å². The molecule has 2 aromatic heterocycles. The van der Waals surface area contributed by atoms with Crippen molar-refractivity contribution in [1.82, 2.24) is 10.3 Å². The van der Waals surface area contributed by atoms with Crippen molar-refractivity contribution >= 4 is 46.3 Å². The maximum absolute atomic E-state index is 11.4. The molecule has 42 heavy (non-hydrogen) atoms. The van der Waals surface area contributed by atoms with E-state index in [0.29, 0.717) is 33.5 Å². The van der Waals surface area contributed by atoms with Crippen molar-refractivity contribution in [3.8, 4) is 11.3 Å². The molecule has 2 aliphatic heterocycles. The summed E-state index contributed by atoms with van der Waals surface area (Å²) >= 11 is 12.9. The minimum absolute atomic E-state index is 0.239. The molecule has 216 valence electrons. The monoisotopic (exact) mass is 600 g/mol. The van der Waals surface area contributed by atoms with Crippen LogP contribution in [0.5, 0.6) is 0 Å². The van der Waals surface area contributed by atoms with E-state index < -0.39 is 5.97 Å². The van der Waals surface area contributed by atoms with Crippen molar-refractivity contribution in [3.05, 3.63) is 101 Å². The van der Waals surface area contributed by atoms with E-state index in [9.17, 15) is 9.90 Å². The molecule has 0 radical (unpaired) electrons. The van der Waals surface area contributed by atoms with E-state index in [-0.39, 0.29) is 17.6 Å². The second kappa shape index (κ2) is 11.4. The Balaban J connectivity index is 1.38. The summed E-state index contributed by atoms with van der Waals surface area (Å²) in [6.45, 7) is 8.44. The number of rotatable bonds is 6. The van der Waals surface area contributed by atoms with Gasteiger partial charge < -0.3 is 24.6 Å². The van der Waals surface area contributed by atoms with Gasteiger partial charge in [-0.2, -0.15) is 0 Å². The molecule has 9 heteroatoms. The number of carboxylic acid groups (broad SMARTS) is 1. The average molecular weight is 601 g/mol. The van der Waals surface area contributed by atoms with Crippen LogP contribution < -0.4 is 15.1 Å². The molecule has 0 spiro atoms. The lowest BCUT2D eigenvalue weighted by Gasteiger charge is -2.37. The van der Waals surface area contributed by atoms with E-state index in [1.807, 2.05) is 43.3 Å². The fourth-order valence-electron chi connectivity index (χ4n) is 6.41. The number of aromatic nitrogens is 1. The lowest BCUT2D eigenvalue weighted by Crippen LogP contribution is -2.38. The normalized spacial score (nSPS) is 22.3. The SMILES string of the molecule is Cc1cc(C(=O)O)ccc1-c1ccc([C@@H]2[C@H](c3ccccn3)NC(=S)N2c2ccc(N3C[C@H](C)C[C@H](C)C3)c(Cl)c2)o1. The standard InChI is InChI=1S/C33H33ClN4O3S/c1-19-14-20(2)18-37(17-19)27-10-8-23(16-25(27)34)38-31(30(36-33(38)42)26-6-4-5-13-35-26)29-12-11-28(41-29)24-9-7-22(32(39)40)15-21(24)3/h4-13,15-16,19-20,30-31H,14,17-18H2,1-3H3,(H,36,42)(H,39,40)/t19-,20+,30-,31+/m0/s1. The molecule has 4 heterocycles. The molecule has 0 amide bonds. The number of carbonyl (C=O) groups is 1. The van der Waals surface area contributed by atoms with Gasteiger partial charge in [-0.1, -0.05) is 37.6 Å². The first-order valence-electron chi connectivity index (χ1n) is 14.2. The van der Waals surface area contributed by atoms with Crippen LogP contribution in [0.3, 0.4) is 0 Å². The summed E-state index contributed by atoms with van der Waals surface area (Å²) in [5.41, 5.74) is 4.63. The molecule has 2 aromatic carbocycles. The summed E-state index contributed by atoms with van der Waals surface area (Å²) in [4.78, 5) is 20.5. The van der Waals surface area contributed by atoms with Crippen LogP contribution in [-0.4, -0.2) is 34.3 Å². The molecule has 2 fully saturated rings. The van der Waals surface area contributed by atoms with Crippen LogP contribution in [0.25, 0.3) is 11.3 Å². The molecule has 0 bridgehead atoms. The molecule has 6 rings (SSSR count). The smallest absolute Gasteiger partial charge is 0.335 e. The van der Waals surface area contributed by atoms with Crippen LogP contribution in [0.1, 0.15) is 59.7 Å². The third kappa shape index (κ3) is 5.37. The van der Waals surface area contributed by atoms with Gasteiger partial charge in [-0.05, 0) is 97.6 Å². The molecule has 0 aliphatic carbocycles. The van der Waals surface area contributed by atoms with Gasteiger partial charge in [0.25, 0.3) is 0 Å². The van der Waals surface area contributed by atoms with Crippen LogP contribution in [0, 0.1) is 18.8 Å². The van der Waals surface area contributed by atoms with E-state index in [0.717, 1.165) is 41.3 Å². The van der Waals surface area contributed by atoms with E-state index in [1.165, 1.54) is 6.42 Å². The van der Waals surface area contributed by atoms with Gasteiger partial charge >= 0.3 is 5.97 Å².